The Kier molecular flexibility index (Phi) is 37.9. The molecule has 0 spiro atoms. The van der Waals surface area contributed by atoms with E-state index < -0.39 is 5.97 Å². The first kappa shape index (κ1) is 41.7. The summed E-state index contributed by atoms with van der Waals surface area (Å²) >= 11 is 0. The van der Waals surface area contributed by atoms with Gasteiger partial charge in [0.1, 0.15) is 0 Å². The van der Waals surface area contributed by atoms with E-state index in [0.29, 0.717) is 5.57 Å². The third-order valence-corrected chi connectivity index (χ3v) is 4.73. The van der Waals surface area contributed by atoms with Crippen LogP contribution in [0.1, 0.15) is 66.2 Å². The van der Waals surface area contributed by atoms with Gasteiger partial charge in [0.15, 0.2) is 0 Å². The van der Waals surface area contributed by atoms with Crippen LogP contribution in [0.3, 0.4) is 0 Å². The highest BCUT2D eigenvalue weighted by Crippen LogP contribution is 2.31. The molecule has 0 unspecified atom stereocenters. The van der Waals surface area contributed by atoms with Gasteiger partial charge >= 0.3 is 11.9 Å². The Bertz CT molecular complexity index is 558. The number of carbonyl (C=O) groups is 2. The second kappa shape index (κ2) is 33.6. The van der Waals surface area contributed by atoms with Crippen molar-refractivity contribution in [2.24, 2.45) is 17.8 Å². The van der Waals surface area contributed by atoms with Crippen molar-refractivity contribution >= 4 is 11.9 Å². The Balaban J connectivity index is -0.000000174. The number of allylic oxidation sites excluding steroid dienone is 1. The molecule has 37 heavy (non-hydrogen) atoms. The van der Waals surface area contributed by atoms with Crippen LogP contribution in [0.5, 0.6) is 0 Å². The number of ether oxygens (including phenoxy) is 5. The molecular weight excluding hydrogens is 472 g/mol. The van der Waals surface area contributed by atoms with Gasteiger partial charge in [-0.2, -0.15) is 0 Å². The lowest BCUT2D eigenvalue weighted by Gasteiger charge is -2.23. The molecule has 0 aromatic rings. The molecule has 7 nitrogen and oxygen atoms in total. The summed E-state index contributed by atoms with van der Waals surface area (Å²) in [5.74, 6) is 2.21. The molecule has 2 aliphatic carbocycles. The minimum absolute atomic E-state index is 0.347. The molecule has 0 atom stereocenters. The molecule has 0 N–H and O–H groups in total. The smallest absolute Gasteiger partial charge is 0.332 e. The molecule has 2 saturated carbocycles. The topological polar surface area (TPSA) is 80.3 Å². The highest BCUT2D eigenvalue weighted by molar-refractivity contribution is 5.86. The summed E-state index contributed by atoms with van der Waals surface area (Å²) in [6.45, 7) is 24.1. The van der Waals surface area contributed by atoms with Crippen molar-refractivity contribution in [1.82, 2.24) is 0 Å². The molecule has 1 aliphatic heterocycles. The fourth-order valence-corrected chi connectivity index (χ4v) is 1.82. The predicted molar refractivity (Wildman–Crippen MR) is 154 cm³/mol. The number of hydrogen-bond acceptors (Lipinski definition) is 7. The van der Waals surface area contributed by atoms with Crippen molar-refractivity contribution in [1.29, 1.82) is 0 Å². The molecule has 0 aromatic heterocycles. The average molecular weight is 529 g/mol. The van der Waals surface area contributed by atoms with Crippen LogP contribution in [0, 0.1) is 17.8 Å². The first-order valence-electron chi connectivity index (χ1n) is 12.8. The monoisotopic (exact) mass is 528 g/mol. The highest BCUT2D eigenvalue weighted by Gasteiger charge is 2.20. The molecule has 0 bridgehead atoms. The summed E-state index contributed by atoms with van der Waals surface area (Å²) in [4.78, 5) is 20.0. The number of hydrogen-bond donors (Lipinski definition) is 0. The predicted octanol–water partition coefficient (Wildman–Crippen LogP) is 6.94. The van der Waals surface area contributed by atoms with Crippen LogP contribution in [0.4, 0.5) is 0 Å². The van der Waals surface area contributed by atoms with Gasteiger partial charge in [-0.3, -0.25) is 0 Å². The van der Waals surface area contributed by atoms with Crippen molar-refractivity contribution in [3.8, 4) is 0 Å². The van der Waals surface area contributed by atoms with E-state index in [1.165, 1.54) is 59.0 Å². The van der Waals surface area contributed by atoms with Crippen molar-refractivity contribution < 1.29 is 33.3 Å². The Morgan fingerprint density at radius 2 is 1.30 bits per heavy atom. The molecule has 7 heteroatoms. The van der Waals surface area contributed by atoms with E-state index in [2.05, 4.69) is 54.4 Å². The van der Waals surface area contributed by atoms with E-state index in [4.69, 9.17) is 9.47 Å². The normalized spacial score (nSPS) is 13.9. The summed E-state index contributed by atoms with van der Waals surface area (Å²) in [5, 5.41) is 0. The quantitative estimate of drug-likeness (QED) is 0.153. The Hall–Kier alpha value is -2.38. The fraction of sp³-hybridized carbons (Fsp3) is 0.667. The van der Waals surface area contributed by atoms with Gasteiger partial charge in [-0.1, -0.05) is 58.9 Å². The summed E-state index contributed by atoms with van der Waals surface area (Å²) in [6.07, 6.45) is 12.8. The summed E-state index contributed by atoms with van der Waals surface area (Å²) in [5.41, 5.74) is 0.433. The van der Waals surface area contributed by atoms with Crippen LogP contribution < -0.4 is 0 Å². The molecule has 3 aliphatic rings. The molecule has 0 radical (unpaired) electrons. The Morgan fingerprint density at radius 1 is 0.865 bits per heavy atom. The van der Waals surface area contributed by atoms with Gasteiger partial charge in [-0.15, -0.1) is 6.58 Å². The summed E-state index contributed by atoms with van der Waals surface area (Å²) in [7, 11) is 5.96. The van der Waals surface area contributed by atoms with Crippen LogP contribution in [-0.2, 0) is 33.3 Å². The van der Waals surface area contributed by atoms with Crippen molar-refractivity contribution in [3.05, 3.63) is 50.3 Å². The van der Waals surface area contributed by atoms with Crippen molar-refractivity contribution in [2.75, 3.05) is 48.3 Å². The second-order valence-electron chi connectivity index (χ2n) is 8.37. The molecular formula is C30H56O7. The summed E-state index contributed by atoms with van der Waals surface area (Å²) in [6, 6.07) is 0. The number of rotatable bonds is 7. The van der Waals surface area contributed by atoms with E-state index >= 15 is 0 Å². The molecule has 1 saturated heterocycles. The van der Waals surface area contributed by atoms with Gasteiger partial charge in [0.25, 0.3) is 0 Å². The molecule has 0 aromatic carbocycles. The lowest BCUT2D eigenvalue weighted by Crippen LogP contribution is -2.26. The van der Waals surface area contributed by atoms with E-state index in [1.54, 1.807) is 27.2 Å². The lowest BCUT2D eigenvalue weighted by atomic mass is 10.1. The van der Waals surface area contributed by atoms with Gasteiger partial charge in [-0.05, 0) is 44.9 Å². The molecule has 0 amide bonds. The largest absolute Gasteiger partial charge is 0.505 e. The fourth-order valence-electron chi connectivity index (χ4n) is 1.82. The zero-order valence-corrected chi connectivity index (χ0v) is 25.0. The number of esters is 2. The third-order valence-electron chi connectivity index (χ3n) is 4.73. The van der Waals surface area contributed by atoms with E-state index in [9.17, 15) is 9.59 Å². The van der Waals surface area contributed by atoms with Crippen LogP contribution in [-0.4, -0.2) is 60.2 Å². The minimum Gasteiger partial charge on any atom is -0.505 e. The van der Waals surface area contributed by atoms with Crippen molar-refractivity contribution in [3.63, 3.8) is 0 Å². The first-order chi connectivity index (χ1) is 17.6. The van der Waals surface area contributed by atoms with Crippen LogP contribution in [0.25, 0.3) is 0 Å². The van der Waals surface area contributed by atoms with Gasteiger partial charge in [0, 0.05) is 31.3 Å². The number of carbonyl (C=O) groups excluding carboxylic acids is 2. The van der Waals surface area contributed by atoms with Crippen LogP contribution >= 0.6 is 0 Å². The molecule has 218 valence electrons. The molecule has 3 rings (SSSR count). The SMILES string of the molecule is C=C(C)C(=O)OC.C=CC.C=CC(=O)OC.C=COC.CCC1CC1.CCC1COC1.COCC1CC1. The minimum atomic E-state index is -0.394. The van der Waals surface area contributed by atoms with E-state index in [1.807, 2.05) is 6.92 Å². The zero-order valence-electron chi connectivity index (χ0n) is 25.0. The van der Waals surface area contributed by atoms with Gasteiger partial charge < -0.3 is 23.7 Å². The summed E-state index contributed by atoms with van der Waals surface area (Å²) < 4.78 is 22.5. The first-order valence-corrected chi connectivity index (χ1v) is 12.8. The standard InChI is InChI=1S/C5H8O2.2C5H10O.C5H10.C4H6O2.C3H6O.C3H6/c1-4(2)5(6)7-3;1-6-4-5-2-3-5;1-2-5-3-6-4-5;1-2-5-3-4-5;1-3-4(5)6-2;1-3-4-2;1-3-2/h1H2,2-3H3;2*5H,2-4H2,1H3;5H,2-4H2,1H3;3H,1H2,2H3;3H,1H2,2H3;3H,1H2,2H3. The van der Waals surface area contributed by atoms with Gasteiger partial charge in [-0.25, -0.2) is 9.59 Å². The molecule has 1 heterocycles. The Labute approximate surface area is 227 Å². The Morgan fingerprint density at radius 3 is 1.32 bits per heavy atom. The van der Waals surface area contributed by atoms with Gasteiger partial charge in [0.2, 0.25) is 0 Å². The number of methoxy groups -OCH3 is 4. The zero-order chi connectivity index (χ0) is 29.5. The molecule has 3 fully saturated rings. The highest BCUT2D eigenvalue weighted by atomic mass is 16.5. The van der Waals surface area contributed by atoms with E-state index in [-0.39, 0.29) is 5.97 Å². The van der Waals surface area contributed by atoms with E-state index in [0.717, 1.165) is 43.7 Å². The maximum absolute atomic E-state index is 10.2. The van der Waals surface area contributed by atoms with Crippen LogP contribution in [0.15, 0.2) is 50.3 Å². The second-order valence-corrected chi connectivity index (χ2v) is 8.37. The maximum Gasteiger partial charge on any atom is 0.332 e. The van der Waals surface area contributed by atoms with Crippen LogP contribution in [0.2, 0.25) is 0 Å². The average Bonchev–Trinajstić information content (AvgIpc) is 3.80. The maximum atomic E-state index is 10.2. The lowest BCUT2D eigenvalue weighted by molar-refractivity contribution is -0.136. The van der Waals surface area contributed by atoms with Crippen molar-refractivity contribution in [2.45, 2.75) is 66.2 Å². The van der Waals surface area contributed by atoms with Gasteiger partial charge in [0.05, 0.1) is 40.8 Å². The third kappa shape index (κ3) is 44.1.